The zero-order valence-corrected chi connectivity index (χ0v) is 24.6. The summed E-state index contributed by atoms with van der Waals surface area (Å²) in [6.45, 7) is 3.74. The molecule has 41 heavy (non-hydrogen) atoms. The third-order valence-corrected chi connectivity index (χ3v) is 10.8. The highest BCUT2D eigenvalue weighted by Gasteiger charge is 2.63. The van der Waals surface area contributed by atoms with E-state index in [1.807, 2.05) is 18.2 Å². The lowest BCUT2D eigenvalue weighted by molar-refractivity contribution is -0.240. The smallest absolute Gasteiger partial charge is 0.278 e. The molecule has 1 atom stereocenters. The number of aromatic nitrogens is 2. The van der Waals surface area contributed by atoms with Gasteiger partial charge in [-0.05, 0) is 79.5 Å². The van der Waals surface area contributed by atoms with Crippen molar-refractivity contribution in [3.8, 4) is 11.1 Å². The average molecular weight is 596 g/mol. The van der Waals surface area contributed by atoms with Crippen molar-refractivity contribution in [2.45, 2.75) is 44.1 Å². The Balaban J connectivity index is 1.33. The summed E-state index contributed by atoms with van der Waals surface area (Å²) in [5, 5.41) is 7.94. The Morgan fingerprint density at radius 1 is 1.02 bits per heavy atom. The van der Waals surface area contributed by atoms with Gasteiger partial charge in [-0.15, -0.1) is 0 Å². The van der Waals surface area contributed by atoms with Crippen LogP contribution in [0, 0.1) is 23.2 Å². The van der Waals surface area contributed by atoms with Gasteiger partial charge in [0.1, 0.15) is 5.60 Å². The number of nitrogens with zero attached hydrogens (tertiary/aromatic N) is 2. The molecule has 1 aromatic heterocycles. The van der Waals surface area contributed by atoms with Crippen LogP contribution in [0.5, 0.6) is 0 Å². The van der Waals surface area contributed by atoms with Gasteiger partial charge in [-0.2, -0.15) is 5.10 Å². The standard InChI is InChI=1S/C32H36Cl2N4O3/c33-27-2-1-3-28(34)29(27)24-4-6-26(7-5-24)32(20-38-8-10-40-11-9-38,41-37-30(39)25-18-35-36-19-25)31-15-21-12-22(16-31)14-23(13-21)17-31/h1-7,18-19,21-23H,8-17,20H2,(H,35,36)(H,37,39). The molecule has 8 rings (SSSR count). The lowest BCUT2D eigenvalue weighted by Crippen LogP contribution is -2.63. The molecule has 1 unspecified atom stereocenters. The molecule has 5 fully saturated rings. The van der Waals surface area contributed by atoms with E-state index >= 15 is 0 Å². The number of ether oxygens (including phenoxy) is 1. The number of benzene rings is 2. The number of carbonyl (C=O) groups is 1. The second kappa shape index (κ2) is 11.0. The van der Waals surface area contributed by atoms with Gasteiger partial charge in [0.2, 0.25) is 0 Å². The minimum absolute atomic E-state index is 0.0900. The van der Waals surface area contributed by atoms with Gasteiger partial charge in [0.25, 0.3) is 5.91 Å². The molecule has 216 valence electrons. The zero-order valence-electron chi connectivity index (χ0n) is 23.1. The normalized spacial score (nSPS) is 28.9. The van der Waals surface area contributed by atoms with Crippen LogP contribution in [0.1, 0.15) is 54.4 Å². The molecule has 9 heteroatoms. The number of rotatable bonds is 8. The molecule has 1 amide bonds. The van der Waals surface area contributed by atoms with Gasteiger partial charge in [-0.25, -0.2) is 5.48 Å². The van der Waals surface area contributed by atoms with Gasteiger partial charge in [0.15, 0.2) is 0 Å². The summed E-state index contributed by atoms with van der Waals surface area (Å²) in [6.07, 6.45) is 10.4. The second-order valence-electron chi connectivity index (χ2n) is 12.6. The molecule has 2 heterocycles. The molecule has 7 nitrogen and oxygen atoms in total. The maximum atomic E-state index is 13.3. The van der Waals surface area contributed by atoms with Crippen LogP contribution >= 0.6 is 23.2 Å². The number of morpholine rings is 1. The number of amides is 1. The van der Waals surface area contributed by atoms with E-state index in [1.165, 1.54) is 25.5 Å². The van der Waals surface area contributed by atoms with Gasteiger partial charge in [-0.1, -0.05) is 53.5 Å². The number of nitrogens with one attached hydrogen (secondary N) is 2. The maximum absolute atomic E-state index is 13.3. The monoisotopic (exact) mass is 594 g/mol. The van der Waals surface area contributed by atoms with Crippen molar-refractivity contribution in [2.24, 2.45) is 23.2 Å². The van der Waals surface area contributed by atoms with Crippen LogP contribution in [0.15, 0.2) is 54.9 Å². The van der Waals surface area contributed by atoms with E-state index in [4.69, 9.17) is 32.8 Å². The Kier molecular flexibility index (Phi) is 7.36. The van der Waals surface area contributed by atoms with Crippen molar-refractivity contribution in [2.75, 3.05) is 32.8 Å². The van der Waals surface area contributed by atoms with E-state index < -0.39 is 5.60 Å². The van der Waals surface area contributed by atoms with Crippen LogP contribution in [-0.4, -0.2) is 53.9 Å². The van der Waals surface area contributed by atoms with Gasteiger partial charge >= 0.3 is 0 Å². The fraction of sp³-hybridized carbons (Fsp3) is 0.500. The predicted molar refractivity (Wildman–Crippen MR) is 159 cm³/mol. The Hall–Kier alpha value is -2.42. The number of halogens is 2. The van der Waals surface area contributed by atoms with Crippen molar-refractivity contribution in [1.82, 2.24) is 20.6 Å². The number of hydrogen-bond acceptors (Lipinski definition) is 5. The third kappa shape index (κ3) is 5.00. The topological polar surface area (TPSA) is 79.5 Å². The average Bonchev–Trinajstić information content (AvgIpc) is 3.51. The zero-order chi connectivity index (χ0) is 28.0. The minimum Gasteiger partial charge on any atom is -0.379 e. The Morgan fingerprint density at radius 3 is 2.24 bits per heavy atom. The molecule has 1 saturated heterocycles. The Bertz CT molecular complexity index is 1330. The molecule has 2 aromatic carbocycles. The summed E-state index contributed by atoms with van der Waals surface area (Å²) >= 11 is 13.2. The second-order valence-corrected chi connectivity index (χ2v) is 13.4. The van der Waals surface area contributed by atoms with Gasteiger partial charge in [0, 0.05) is 46.9 Å². The quantitative estimate of drug-likeness (QED) is 0.291. The minimum atomic E-state index is -0.747. The van der Waals surface area contributed by atoms with Crippen molar-refractivity contribution in [3.63, 3.8) is 0 Å². The van der Waals surface area contributed by atoms with Crippen molar-refractivity contribution < 1.29 is 14.4 Å². The Morgan fingerprint density at radius 2 is 1.66 bits per heavy atom. The third-order valence-electron chi connectivity index (χ3n) is 10.1. The first-order chi connectivity index (χ1) is 19.9. The van der Waals surface area contributed by atoms with Crippen LogP contribution in [0.2, 0.25) is 10.0 Å². The van der Waals surface area contributed by atoms with Crippen LogP contribution in [-0.2, 0) is 15.2 Å². The van der Waals surface area contributed by atoms with E-state index in [0.717, 1.165) is 49.0 Å². The van der Waals surface area contributed by atoms with Crippen LogP contribution in [0.25, 0.3) is 11.1 Å². The number of hydrogen-bond donors (Lipinski definition) is 2. The molecule has 4 aliphatic carbocycles. The lowest BCUT2D eigenvalue weighted by Gasteiger charge is -2.63. The van der Waals surface area contributed by atoms with Crippen LogP contribution in [0.3, 0.4) is 0 Å². The molecule has 5 aliphatic rings. The highest BCUT2D eigenvalue weighted by atomic mass is 35.5. The summed E-state index contributed by atoms with van der Waals surface area (Å²) in [7, 11) is 0. The molecular formula is C32H36Cl2N4O3. The number of H-pyrrole nitrogens is 1. The maximum Gasteiger partial charge on any atom is 0.278 e. The van der Waals surface area contributed by atoms with Crippen molar-refractivity contribution >= 4 is 29.1 Å². The summed E-state index contributed by atoms with van der Waals surface area (Å²) in [6, 6.07) is 14.1. The summed E-state index contributed by atoms with van der Waals surface area (Å²) < 4.78 is 5.72. The fourth-order valence-corrected chi connectivity index (χ4v) is 9.31. The van der Waals surface area contributed by atoms with E-state index in [9.17, 15) is 4.79 Å². The van der Waals surface area contributed by atoms with Crippen molar-refractivity contribution in [3.05, 3.63) is 76.0 Å². The van der Waals surface area contributed by atoms with E-state index in [1.54, 1.807) is 6.20 Å². The number of carbonyl (C=O) groups excluding carboxylic acids is 1. The Labute approximate surface area is 250 Å². The molecule has 3 aromatic rings. The summed E-state index contributed by atoms with van der Waals surface area (Å²) in [5.74, 6) is 1.83. The fourth-order valence-electron chi connectivity index (χ4n) is 8.69. The molecule has 1 aliphatic heterocycles. The first kappa shape index (κ1) is 27.4. The van der Waals surface area contributed by atoms with E-state index in [0.29, 0.717) is 53.1 Å². The number of aromatic amines is 1. The highest BCUT2D eigenvalue weighted by molar-refractivity contribution is 6.39. The van der Waals surface area contributed by atoms with E-state index in [-0.39, 0.29) is 11.3 Å². The molecular weight excluding hydrogens is 559 g/mol. The van der Waals surface area contributed by atoms with Crippen LogP contribution in [0.4, 0.5) is 0 Å². The molecule has 0 radical (unpaired) electrons. The number of hydroxylamine groups is 1. The van der Waals surface area contributed by atoms with Crippen molar-refractivity contribution in [1.29, 1.82) is 0 Å². The first-order valence-corrected chi connectivity index (χ1v) is 15.5. The molecule has 2 N–H and O–H groups in total. The van der Waals surface area contributed by atoms with Gasteiger partial charge < -0.3 is 4.74 Å². The highest BCUT2D eigenvalue weighted by Crippen LogP contribution is 2.66. The summed E-state index contributed by atoms with van der Waals surface area (Å²) in [5.41, 5.74) is 5.37. The van der Waals surface area contributed by atoms with Gasteiger partial charge in [0.05, 0.1) is 25.0 Å². The molecule has 4 bridgehead atoms. The predicted octanol–water partition coefficient (Wildman–Crippen LogP) is 6.49. The summed E-state index contributed by atoms with van der Waals surface area (Å²) in [4.78, 5) is 22.6. The molecule has 4 saturated carbocycles. The van der Waals surface area contributed by atoms with Crippen LogP contribution < -0.4 is 5.48 Å². The molecule has 0 spiro atoms. The van der Waals surface area contributed by atoms with Gasteiger partial charge in [-0.3, -0.25) is 19.6 Å². The SMILES string of the molecule is O=C(NOC(CN1CCOCC1)(c1ccc(-c2c(Cl)cccc2Cl)cc1)C12CC3CC(CC(C3)C1)C2)c1cn[nH]c1. The lowest BCUT2D eigenvalue weighted by atomic mass is 9.44. The van der Waals surface area contributed by atoms with E-state index in [2.05, 4.69) is 44.8 Å². The first-order valence-electron chi connectivity index (χ1n) is 14.8. The largest absolute Gasteiger partial charge is 0.379 e.